The van der Waals surface area contributed by atoms with Crippen LogP contribution in [-0.2, 0) is 11.3 Å². The molecule has 2 heterocycles. The quantitative estimate of drug-likeness (QED) is 0.598. The average Bonchev–Trinajstić information content (AvgIpc) is 3.00. The largest absolute Gasteiger partial charge is 0.487 e. The van der Waals surface area contributed by atoms with Gasteiger partial charge in [0.05, 0.1) is 11.1 Å². The summed E-state index contributed by atoms with van der Waals surface area (Å²) >= 11 is 7.77. The molecule has 1 atom stereocenters. The molecule has 0 aliphatic carbocycles. The highest BCUT2D eigenvalue weighted by atomic mass is 35.5. The van der Waals surface area contributed by atoms with Crippen LogP contribution in [0.3, 0.4) is 0 Å². The van der Waals surface area contributed by atoms with E-state index in [9.17, 15) is 9.90 Å². The summed E-state index contributed by atoms with van der Waals surface area (Å²) in [7, 11) is 0. The molecule has 0 saturated carbocycles. The van der Waals surface area contributed by atoms with Gasteiger partial charge in [-0.05, 0) is 31.2 Å². The molecule has 1 unspecified atom stereocenters. The number of fused-ring (bicyclic) bond motifs is 1. The molecule has 26 heavy (non-hydrogen) atoms. The molecule has 0 saturated heterocycles. The maximum atomic E-state index is 11.1. The third kappa shape index (κ3) is 3.81. The van der Waals surface area contributed by atoms with Gasteiger partial charge < -0.3 is 20.3 Å². The van der Waals surface area contributed by atoms with Crippen molar-refractivity contribution < 1.29 is 19.4 Å². The van der Waals surface area contributed by atoms with Crippen LogP contribution in [0.1, 0.15) is 34.1 Å². The summed E-state index contributed by atoms with van der Waals surface area (Å²) in [5.74, 6) is -0.132. The Morgan fingerprint density at radius 3 is 2.85 bits per heavy atom. The van der Waals surface area contributed by atoms with Crippen molar-refractivity contribution >= 4 is 38.9 Å². The van der Waals surface area contributed by atoms with Gasteiger partial charge in [0.1, 0.15) is 18.1 Å². The number of nitrogens with zero attached hydrogens (tertiary/aromatic N) is 1. The van der Waals surface area contributed by atoms with Crippen molar-refractivity contribution in [2.45, 2.75) is 19.8 Å². The van der Waals surface area contributed by atoms with Crippen LogP contribution in [-0.4, -0.2) is 22.6 Å². The second kappa shape index (κ2) is 8.01. The predicted molar refractivity (Wildman–Crippen MR) is 101 cm³/mol. The van der Waals surface area contributed by atoms with E-state index < -0.39 is 12.2 Å². The number of aromatic nitrogens is 1. The van der Waals surface area contributed by atoms with E-state index in [4.69, 9.17) is 26.8 Å². The topological polar surface area (TPSA) is 94.7 Å². The van der Waals surface area contributed by atoms with E-state index in [-0.39, 0.29) is 12.3 Å². The van der Waals surface area contributed by atoms with Crippen molar-refractivity contribution in [1.29, 1.82) is 0 Å². The molecule has 2 aromatic heterocycles. The standard InChI is InChI=1S/C18H17ClN2O4S/c1-2-24-18(23)16-11(15-12(19)4-3-5-14(15)26-16)9-25-10-6-7-13(17(20)22)21-8-10/h3-8,18,23H,2,9H2,1H3,(H2,20,22). The third-order valence-corrected chi connectivity index (χ3v) is 5.26. The molecule has 0 spiro atoms. The number of benzene rings is 1. The third-order valence-electron chi connectivity index (χ3n) is 3.72. The van der Waals surface area contributed by atoms with Gasteiger partial charge in [-0.3, -0.25) is 4.79 Å². The summed E-state index contributed by atoms with van der Waals surface area (Å²) in [5.41, 5.74) is 6.10. The number of thiophene rings is 1. The number of aliphatic hydroxyl groups is 1. The molecular formula is C18H17ClN2O4S. The number of amides is 1. The lowest BCUT2D eigenvalue weighted by atomic mass is 10.1. The Balaban J connectivity index is 1.92. The number of ether oxygens (including phenoxy) is 2. The molecular weight excluding hydrogens is 376 g/mol. The summed E-state index contributed by atoms with van der Waals surface area (Å²) in [6.45, 7) is 2.36. The van der Waals surface area contributed by atoms with Crippen LogP contribution in [0.4, 0.5) is 0 Å². The molecule has 1 amide bonds. The molecule has 0 bridgehead atoms. The first-order chi connectivity index (χ1) is 12.5. The van der Waals surface area contributed by atoms with E-state index >= 15 is 0 Å². The van der Waals surface area contributed by atoms with Gasteiger partial charge in [0.2, 0.25) is 0 Å². The van der Waals surface area contributed by atoms with E-state index in [1.807, 2.05) is 19.1 Å². The molecule has 0 aliphatic rings. The highest BCUT2D eigenvalue weighted by Gasteiger charge is 2.21. The van der Waals surface area contributed by atoms with Gasteiger partial charge in [0.25, 0.3) is 5.91 Å². The van der Waals surface area contributed by atoms with E-state index in [0.717, 1.165) is 15.6 Å². The summed E-state index contributed by atoms with van der Waals surface area (Å²) in [6.07, 6.45) is 0.372. The normalized spacial score (nSPS) is 12.3. The lowest BCUT2D eigenvalue weighted by Gasteiger charge is -2.13. The summed E-state index contributed by atoms with van der Waals surface area (Å²) < 4.78 is 12.1. The number of carbonyl (C=O) groups is 1. The maximum Gasteiger partial charge on any atom is 0.267 e. The minimum absolute atomic E-state index is 0.161. The molecule has 3 N–H and O–H groups in total. The lowest BCUT2D eigenvalue weighted by Crippen LogP contribution is -2.12. The highest BCUT2D eigenvalue weighted by molar-refractivity contribution is 7.19. The van der Waals surface area contributed by atoms with Gasteiger partial charge in [0.15, 0.2) is 6.29 Å². The summed E-state index contributed by atoms with van der Waals surface area (Å²) in [6, 6.07) is 8.68. The van der Waals surface area contributed by atoms with E-state index in [0.29, 0.717) is 22.3 Å². The number of nitrogens with two attached hydrogens (primary N) is 1. The molecule has 0 radical (unpaired) electrons. The number of aliphatic hydroxyl groups excluding tert-OH is 1. The number of halogens is 1. The van der Waals surface area contributed by atoms with Crippen LogP contribution in [0, 0.1) is 0 Å². The van der Waals surface area contributed by atoms with E-state index in [1.165, 1.54) is 23.6 Å². The first kappa shape index (κ1) is 18.6. The van der Waals surface area contributed by atoms with Gasteiger partial charge in [-0.2, -0.15) is 0 Å². The smallest absolute Gasteiger partial charge is 0.267 e. The van der Waals surface area contributed by atoms with Gasteiger partial charge >= 0.3 is 0 Å². The zero-order valence-electron chi connectivity index (χ0n) is 13.9. The van der Waals surface area contributed by atoms with Crippen LogP contribution in [0.15, 0.2) is 36.5 Å². The Bertz CT molecular complexity index is 927. The van der Waals surface area contributed by atoms with Crippen molar-refractivity contribution in [3.05, 3.63) is 57.7 Å². The fourth-order valence-corrected chi connectivity index (χ4v) is 4.05. The summed E-state index contributed by atoms with van der Waals surface area (Å²) in [5, 5.41) is 11.7. The zero-order chi connectivity index (χ0) is 18.7. The van der Waals surface area contributed by atoms with Crippen LogP contribution in [0.25, 0.3) is 10.1 Å². The first-order valence-electron chi connectivity index (χ1n) is 7.89. The van der Waals surface area contributed by atoms with Crippen LogP contribution in [0.2, 0.25) is 5.02 Å². The minimum atomic E-state index is -1.05. The van der Waals surface area contributed by atoms with Crippen molar-refractivity contribution in [3.8, 4) is 5.75 Å². The molecule has 0 fully saturated rings. The molecule has 136 valence electrons. The monoisotopic (exact) mass is 392 g/mol. The number of hydrogen-bond donors (Lipinski definition) is 2. The lowest BCUT2D eigenvalue weighted by molar-refractivity contribution is -0.0962. The van der Waals surface area contributed by atoms with Gasteiger partial charge in [-0.15, -0.1) is 11.3 Å². The van der Waals surface area contributed by atoms with E-state index in [1.54, 1.807) is 12.1 Å². The number of primary amides is 1. The average molecular weight is 393 g/mol. The van der Waals surface area contributed by atoms with Crippen LogP contribution < -0.4 is 10.5 Å². The van der Waals surface area contributed by atoms with Crippen molar-refractivity contribution in [1.82, 2.24) is 4.98 Å². The second-order valence-electron chi connectivity index (χ2n) is 5.40. The van der Waals surface area contributed by atoms with Crippen LogP contribution in [0.5, 0.6) is 5.75 Å². The number of rotatable bonds is 7. The second-order valence-corrected chi connectivity index (χ2v) is 6.89. The Morgan fingerprint density at radius 1 is 1.38 bits per heavy atom. The fourth-order valence-electron chi connectivity index (χ4n) is 2.53. The molecule has 6 nitrogen and oxygen atoms in total. The van der Waals surface area contributed by atoms with Gasteiger partial charge in [-0.1, -0.05) is 17.7 Å². The number of hydrogen-bond acceptors (Lipinski definition) is 6. The fraction of sp³-hybridized carbons (Fsp3) is 0.222. The maximum absolute atomic E-state index is 11.1. The van der Waals surface area contributed by atoms with Gasteiger partial charge in [-0.25, -0.2) is 4.98 Å². The Labute approximate surface area is 159 Å². The Hall–Kier alpha value is -2.19. The zero-order valence-corrected chi connectivity index (χ0v) is 15.5. The first-order valence-corrected chi connectivity index (χ1v) is 9.08. The molecule has 3 rings (SSSR count). The van der Waals surface area contributed by atoms with Crippen molar-refractivity contribution in [2.75, 3.05) is 6.61 Å². The Morgan fingerprint density at radius 2 is 2.19 bits per heavy atom. The number of pyridine rings is 1. The predicted octanol–water partition coefficient (Wildman–Crippen LogP) is 3.66. The van der Waals surface area contributed by atoms with Crippen LogP contribution >= 0.6 is 22.9 Å². The molecule has 3 aromatic rings. The highest BCUT2D eigenvalue weighted by Crippen LogP contribution is 2.39. The van der Waals surface area contributed by atoms with Crippen molar-refractivity contribution in [3.63, 3.8) is 0 Å². The van der Waals surface area contributed by atoms with Gasteiger partial charge in [0, 0.05) is 27.3 Å². The number of carbonyl (C=O) groups excluding carboxylic acids is 1. The summed E-state index contributed by atoms with van der Waals surface area (Å²) in [4.78, 5) is 15.7. The van der Waals surface area contributed by atoms with E-state index in [2.05, 4.69) is 4.98 Å². The SMILES string of the molecule is CCOC(O)c1sc2cccc(Cl)c2c1COc1ccc(C(N)=O)nc1. The van der Waals surface area contributed by atoms with Crippen molar-refractivity contribution in [2.24, 2.45) is 5.73 Å². The molecule has 8 heteroatoms. The minimum Gasteiger partial charge on any atom is -0.487 e. The molecule has 1 aromatic carbocycles. The Kier molecular flexibility index (Phi) is 5.73. The molecule has 0 aliphatic heterocycles.